The van der Waals surface area contributed by atoms with Gasteiger partial charge in [-0.05, 0) is 31.4 Å². The lowest BCUT2D eigenvalue weighted by Crippen LogP contribution is -2.43. The molecule has 100 valence electrons. The third-order valence-electron chi connectivity index (χ3n) is 3.95. The molecule has 1 heterocycles. The minimum atomic E-state index is -0.130. The van der Waals surface area contributed by atoms with Gasteiger partial charge in [-0.3, -0.25) is 4.79 Å². The molecular formula is C13H25NO2S. The van der Waals surface area contributed by atoms with Crippen molar-refractivity contribution in [3.63, 3.8) is 0 Å². The first-order valence-electron chi connectivity index (χ1n) is 6.67. The summed E-state index contributed by atoms with van der Waals surface area (Å²) in [4.78, 5) is 12.0. The summed E-state index contributed by atoms with van der Waals surface area (Å²) < 4.78 is 0. The summed E-state index contributed by atoms with van der Waals surface area (Å²) in [6.07, 6.45) is 5.20. The largest absolute Gasteiger partial charge is 0.396 e. The van der Waals surface area contributed by atoms with Gasteiger partial charge in [-0.25, -0.2) is 0 Å². The highest BCUT2D eigenvalue weighted by Crippen LogP contribution is 2.27. The summed E-state index contributed by atoms with van der Waals surface area (Å²) >= 11 is 1.77. The fourth-order valence-electron chi connectivity index (χ4n) is 2.12. The summed E-state index contributed by atoms with van der Waals surface area (Å²) in [6.45, 7) is 4.90. The number of aliphatic hydroxyl groups is 1. The number of hydrogen-bond acceptors (Lipinski definition) is 3. The maximum atomic E-state index is 12.0. The molecular weight excluding hydrogens is 234 g/mol. The first-order valence-corrected chi connectivity index (χ1v) is 7.72. The Morgan fingerprint density at radius 3 is 2.59 bits per heavy atom. The summed E-state index contributed by atoms with van der Waals surface area (Å²) in [5.74, 6) is 1.26. The molecule has 0 aromatic heterocycles. The second-order valence-corrected chi connectivity index (χ2v) is 6.25. The van der Waals surface area contributed by atoms with Crippen LogP contribution in [0.2, 0.25) is 0 Å². The van der Waals surface area contributed by atoms with Gasteiger partial charge in [0, 0.05) is 12.0 Å². The fraction of sp³-hybridized carbons (Fsp3) is 0.923. The number of nitrogens with one attached hydrogen (secondary N) is 1. The lowest BCUT2D eigenvalue weighted by molar-refractivity contribution is -0.121. The minimum Gasteiger partial charge on any atom is -0.396 e. The smallest absolute Gasteiger partial charge is 0.233 e. The molecule has 1 fully saturated rings. The van der Waals surface area contributed by atoms with Crippen LogP contribution in [0.4, 0.5) is 0 Å². The molecule has 0 aromatic rings. The van der Waals surface area contributed by atoms with Gasteiger partial charge in [0.05, 0.1) is 11.9 Å². The standard InChI is InChI=1S/C13H25NO2S/c1-3-13(4-2,10-15)9-14-12(16)11-7-5-6-8-17-11/h11,15H,3-10H2,1-2H3,(H,14,16). The van der Waals surface area contributed by atoms with E-state index in [-0.39, 0.29) is 23.2 Å². The maximum Gasteiger partial charge on any atom is 0.233 e. The van der Waals surface area contributed by atoms with Crippen LogP contribution in [0.1, 0.15) is 46.0 Å². The molecule has 1 aliphatic rings. The first-order chi connectivity index (χ1) is 8.17. The zero-order valence-corrected chi connectivity index (χ0v) is 11.8. The van der Waals surface area contributed by atoms with Crippen molar-refractivity contribution in [2.75, 3.05) is 18.9 Å². The molecule has 0 radical (unpaired) electrons. The van der Waals surface area contributed by atoms with Crippen molar-refractivity contribution >= 4 is 17.7 Å². The molecule has 0 aromatic carbocycles. The highest BCUT2D eigenvalue weighted by atomic mass is 32.2. The van der Waals surface area contributed by atoms with Crippen LogP contribution in [0.5, 0.6) is 0 Å². The van der Waals surface area contributed by atoms with Crippen LogP contribution < -0.4 is 5.32 Å². The third kappa shape index (κ3) is 4.18. The van der Waals surface area contributed by atoms with E-state index in [0.29, 0.717) is 6.54 Å². The van der Waals surface area contributed by atoms with Gasteiger partial charge in [0.1, 0.15) is 0 Å². The second-order valence-electron chi connectivity index (χ2n) is 4.94. The Kier molecular flexibility index (Phi) is 6.34. The normalized spacial score (nSPS) is 21.2. The van der Waals surface area contributed by atoms with Crippen LogP contribution in [0.3, 0.4) is 0 Å². The first kappa shape index (κ1) is 14.8. The molecule has 2 N–H and O–H groups in total. The number of carbonyl (C=O) groups excluding carboxylic acids is 1. The van der Waals surface area contributed by atoms with Gasteiger partial charge in [-0.2, -0.15) is 0 Å². The molecule has 1 amide bonds. The van der Waals surface area contributed by atoms with Crippen molar-refractivity contribution in [3.05, 3.63) is 0 Å². The van der Waals surface area contributed by atoms with E-state index in [1.165, 1.54) is 6.42 Å². The highest BCUT2D eigenvalue weighted by molar-refractivity contribution is 8.00. The molecule has 0 aliphatic carbocycles. The van der Waals surface area contributed by atoms with E-state index in [1.54, 1.807) is 11.8 Å². The summed E-state index contributed by atoms with van der Waals surface area (Å²) in [5.41, 5.74) is -0.130. The molecule has 1 aliphatic heterocycles. The molecule has 4 heteroatoms. The number of thioether (sulfide) groups is 1. The summed E-state index contributed by atoms with van der Waals surface area (Å²) in [7, 11) is 0. The van der Waals surface area contributed by atoms with Crippen LogP contribution in [-0.4, -0.2) is 35.2 Å². The van der Waals surface area contributed by atoms with Gasteiger partial charge in [-0.15, -0.1) is 11.8 Å². The van der Waals surface area contributed by atoms with Crippen LogP contribution in [-0.2, 0) is 4.79 Å². The average Bonchev–Trinajstić information content (AvgIpc) is 2.41. The lowest BCUT2D eigenvalue weighted by Gasteiger charge is -2.30. The number of carbonyl (C=O) groups is 1. The van der Waals surface area contributed by atoms with Gasteiger partial charge >= 0.3 is 0 Å². The predicted octanol–water partition coefficient (Wildman–Crippen LogP) is 2.19. The van der Waals surface area contributed by atoms with E-state index in [2.05, 4.69) is 19.2 Å². The van der Waals surface area contributed by atoms with Crippen LogP contribution >= 0.6 is 11.8 Å². The summed E-state index contributed by atoms with van der Waals surface area (Å²) in [5, 5.41) is 12.6. The molecule has 1 unspecified atom stereocenters. The molecule has 1 atom stereocenters. The number of rotatable bonds is 6. The Morgan fingerprint density at radius 2 is 2.12 bits per heavy atom. The SMILES string of the molecule is CCC(CC)(CO)CNC(=O)C1CCCCS1. The van der Waals surface area contributed by atoms with Crippen molar-refractivity contribution in [2.24, 2.45) is 5.41 Å². The Hall–Kier alpha value is -0.220. The van der Waals surface area contributed by atoms with E-state index in [9.17, 15) is 9.90 Å². The molecule has 17 heavy (non-hydrogen) atoms. The van der Waals surface area contributed by atoms with Crippen LogP contribution in [0.25, 0.3) is 0 Å². The second kappa shape index (κ2) is 7.27. The van der Waals surface area contributed by atoms with E-state index in [1.807, 2.05) is 0 Å². The summed E-state index contributed by atoms with van der Waals surface area (Å²) in [6, 6.07) is 0. The van der Waals surface area contributed by atoms with Gasteiger partial charge in [-0.1, -0.05) is 20.3 Å². The zero-order chi connectivity index (χ0) is 12.7. The van der Waals surface area contributed by atoms with Crippen molar-refractivity contribution < 1.29 is 9.90 Å². The van der Waals surface area contributed by atoms with E-state index < -0.39 is 0 Å². The fourth-order valence-corrected chi connectivity index (χ4v) is 3.34. The van der Waals surface area contributed by atoms with Gasteiger partial charge in [0.15, 0.2) is 0 Å². The molecule has 1 rings (SSSR count). The predicted molar refractivity (Wildman–Crippen MR) is 73.2 cm³/mol. The molecule has 0 spiro atoms. The Morgan fingerprint density at radius 1 is 1.41 bits per heavy atom. The van der Waals surface area contributed by atoms with Crippen molar-refractivity contribution in [2.45, 2.75) is 51.2 Å². The van der Waals surface area contributed by atoms with Crippen molar-refractivity contribution in [1.82, 2.24) is 5.32 Å². The van der Waals surface area contributed by atoms with E-state index in [4.69, 9.17) is 0 Å². The van der Waals surface area contributed by atoms with Crippen molar-refractivity contribution in [1.29, 1.82) is 0 Å². The monoisotopic (exact) mass is 259 g/mol. The number of amides is 1. The highest BCUT2D eigenvalue weighted by Gasteiger charge is 2.28. The third-order valence-corrected chi connectivity index (χ3v) is 5.32. The molecule has 0 bridgehead atoms. The van der Waals surface area contributed by atoms with Crippen molar-refractivity contribution in [3.8, 4) is 0 Å². The topological polar surface area (TPSA) is 49.3 Å². The van der Waals surface area contributed by atoms with Crippen LogP contribution in [0, 0.1) is 5.41 Å². The quantitative estimate of drug-likeness (QED) is 0.769. The Balaban J connectivity index is 2.40. The number of aliphatic hydroxyl groups excluding tert-OH is 1. The molecule has 1 saturated heterocycles. The van der Waals surface area contributed by atoms with Crippen LogP contribution in [0.15, 0.2) is 0 Å². The number of hydrogen-bond donors (Lipinski definition) is 2. The Bertz CT molecular complexity index is 227. The average molecular weight is 259 g/mol. The van der Waals surface area contributed by atoms with Gasteiger partial charge in [0.2, 0.25) is 5.91 Å². The lowest BCUT2D eigenvalue weighted by atomic mass is 9.83. The van der Waals surface area contributed by atoms with Gasteiger partial charge < -0.3 is 10.4 Å². The molecule has 0 saturated carbocycles. The zero-order valence-electron chi connectivity index (χ0n) is 11.0. The van der Waals surface area contributed by atoms with E-state index >= 15 is 0 Å². The van der Waals surface area contributed by atoms with E-state index in [0.717, 1.165) is 31.4 Å². The Labute approximate surface area is 109 Å². The minimum absolute atomic E-state index is 0.130. The molecule has 3 nitrogen and oxygen atoms in total. The maximum absolute atomic E-state index is 12.0. The van der Waals surface area contributed by atoms with Gasteiger partial charge in [0.25, 0.3) is 0 Å².